The lowest BCUT2D eigenvalue weighted by Gasteiger charge is -2.31. The summed E-state index contributed by atoms with van der Waals surface area (Å²) in [5, 5.41) is 4.00. The third-order valence-electron chi connectivity index (χ3n) is 4.89. The summed E-state index contributed by atoms with van der Waals surface area (Å²) in [5.74, 6) is 0.804. The highest BCUT2D eigenvalue weighted by atomic mass is 16.5. The minimum atomic E-state index is -0.0710. The zero-order valence-electron chi connectivity index (χ0n) is 14.5. The van der Waals surface area contributed by atoms with Gasteiger partial charge in [0.2, 0.25) is 5.76 Å². The Balaban J connectivity index is 1.52. The molecule has 1 amide bonds. The fraction of sp³-hybridized carbons (Fsp3) is 0.421. The van der Waals surface area contributed by atoms with Crippen molar-refractivity contribution in [2.75, 3.05) is 13.1 Å². The van der Waals surface area contributed by atoms with Crippen LogP contribution in [0.1, 0.15) is 60.5 Å². The molecule has 3 aromatic heterocycles. The van der Waals surface area contributed by atoms with Crippen molar-refractivity contribution < 1.29 is 9.32 Å². The van der Waals surface area contributed by atoms with Crippen LogP contribution in [-0.4, -0.2) is 39.0 Å². The Morgan fingerprint density at radius 2 is 2.28 bits per heavy atom. The van der Waals surface area contributed by atoms with E-state index < -0.39 is 0 Å². The van der Waals surface area contributed by atoms with Crippen molar-refractivity contribution in [1.82, 2.24) is 20.0 Å². The Morgan fingerprint density at radius 1 is 1.40 bits per heavy atom. The predicted octanol–water partition coefficient (Wildman–Crippen LogP) is 3.69. The van der Waals surface area contributed by atoms with Gasteiger partial charge in [0.15, 0.2) is 0 Å². The molecular weight excluding hydrogens is 316 g/mol. The monoisotopic (exact) mass is 338 g/mol. The molecule has 0 radical (unpaired) electrons. The van der Waals surface area contributed by atoms with Crippen LogP contribution in [0.3, 0.4) is 0 Å². The zero-order chi connectivity index (χ0) is 17.4. The van der Waals surface area contributed by atoms with Crippen molar-refractivity contribution in [3.05, 3.63) is 47.6 Å². The Bertz CT molecular complexity index is 863. The summed E-state index contributed by atoms with van der Waals surface area (Å²) in [7, 11) is 0. The average molecular weight is 338 g/mol. The van der Waals surface area contributed by atoms with Gasteiger partial charge >= 0.3 is 0 Å². The number of nitrogens with one attached hydrogen (secondary N) is 1. The van der Waals surface area contributed by atoms with Gasteiger partial charge in [0.1, 0.15) is 0 Å². The fourth-order valence-electron chi connectivity index (χ4n) is 3.43. The van der Waals surface area contributed by atoms with Gasteiger partial charge in [-0.3, -0.25) is 9.78 Å². The van der Waals surface area contributed by atoms with Crippen LogP contribution in [0.4, 0.5) is 0 Å². The number of aromatic amines is 1. The quantitative estimate of drug-likeness (QED) is 0.790. The summed E-state index contributed by atoms with van der Waals surface area (Å²) < 4.78 is 5.27. The number of carbonyl (C=O) groups is 1. The SMILES string of the molecule is CC(C)c1cc(C(=O)N2CCC[C@H](c3cc4ncccc4[nH]3)C2)on1. The standard InChI is InChI=1S/C19H22N4O2/c1-12(2)15-10-18(25-22-15)19(24)23-8-4-5-13(11-23)16-9-17-14(21-16)6-3-7-20-17/h3,6-7,9-10,12-13,21H,4-5,8,11H2,1-2H3/t13-/m0/s1. The molecule has 0 unspecified atom stereocenters. The molecule has 6 nitrogen and oxygen atoms in total. The van der Waals surface area contributed by atoms with Crippen LogP contribution in [0.15, 0.2) is 35.0 Å². The van der Waals surface area contributed by atoms with Crippen molar-refractivity contribution in [1.29, 1.82) is 0 Å². The molecular formula is C19H22N4O2. The van der Waals surface area contributed by atoms with Gasteiger partial charge in [0.05, 0.1) is 16.7 Å². The number of amides is 1. The Hall–Kier alpha value is -2.63. The number of carbonyl (C=O) groups excluding carboxylic acids is 1. The molecule has 0 aromatic carbocycles. The normalized spacial score (nSPS) is 18.2. The number of H-pyrrole nitrogens is 1. The number of nitrogens with zero attached hydrogens (tertiary/aromatic N) is 3. The van der Waals surface area contributed by atoms with E-state index in [0.29, 0.717) is 18.2 Å². The molecule has 1 N–H and O–H groups in total. The molecule has 1 atom stereocenters. The van der Waals surface area contributed by atoms with Crippen molar-refractivity contribution >= 4 is 16.9 Å². The molecule has 1 fully saturated rings. The molecule has 130 valence electrons. The average Bonchev–Trinajstić information content (AvgIpc) is 3.28. The largest absolute Gasteiger partial charge is 0.357 e. The number of piperidine rings is 1. The molecule has 0 bridgehead atoms. The van der Waals surface area contributed by atoms with Crippen LogP contribution in [-0.2, 0) is 0 Å². The fourth-order valence-corrected chi connectivity index (χ4v) is 3.43. The molecule has 0 spiro atoms. The van der Waals surface area contributed by atoms with Crippen LogP contribution in [0.2, 0.25) is 0 Å². The summed E-state index contributed by atoms with van der Waals surface area (Å²) in [6, 6.07) is 7.82. The van der Waals surface area contributed by atoms with E-state index in [1.54, 1.807) is 12.3 Å². The maximum absolute atomic E-state index is 12.8. The minimum Gasteiger partial charge on any atom is -0.357 e. The third kappa shape index (κ3) is 3.04. The van der Waals surface area contributed by atoms with Gasteiger partial charge < -0.3 is 14.4 Å². The summed E-state index contributed by atoms with van der Waals surface area (Å²) >= 11 is 0. The molecule has 1 aliphatic heterocycles. The van der Waals surface area contributed by atoms with Crippen LogP contribution >= 0.6 is 0 Å². The van der Waals surface area contributed by atoms with E-state index in [9.17, 15) is 4.79 Å². The lowest BCUT2D eigenvalue weighted by Crippen LogP contribution is -2.39. The van der Waals surface area contributed by atoms with E-state index in [0.717, 1.165) is 41.8 Å². The summed E-state index contributed by atoms with van der Waals surface area (Å²) in [6.45, 7) is 5.51. The summed E-state index contributed by atoms with van der Waals surface area (Å²) in [4.78, 5) is 22.5. The van der Waals surface area contributed by atoms with Gasteiger partial charge in [-0.2, -0.15) is 0 Å². The number of fused-ring (bicyclic) bond motifs is 1. The second-order valence-electron chi connectivity index (χ2n) is 7.02. The summed E-state index contributed by atoms with van der Waals surface area (Å²) in [5.41, 5.74) is 3.97. The van der Waals surface area contributed by atoms with Gasteiger partial charge in [0, 0.05) is 37.0 Å². The number of rotatable bonds is 3. The van der Waals surface area contributed by atoms with Crippen LogP contribution in [0.25, 0.3) is 11.0 Å². The van der Waals surface area contributed by atoms with E-state index in [-0.39, 0.29) is 11.8 Å². The molecule has 1 saturated heterocycles. The first-order valence-electron chi connectivity index (χ1n) is 8.81. The third-order valence-corrected chi connectivity index (χ3v) is 4.89. The molecule has 0 aliphatic carbocycles. The van der Waals surface area contributed by atoms with Crippen molar-refractivity contribution in [2.24, 2.45) is 0 Å². The van der Waals surface area contributed by atoms with E-state index in [1.807, 2.05) is 30.9 Å². The van der Waals surface area contributed by atoms with Crippen LogP contribution < -0.4 is 0 Å². The molecule has 4 rings (SSSR count). The lowest BCUT2D eigenvalue weighted by atomic mass is 9.94. The number of likely N-dealkylation sites (tertiary alicyclic amines) is 1. The van der Waals surface area contributed by atoms with Gasteiger partial charge in [0.25, 0.3) is 5.91 Å². The second kappa shape index (κ2) is 6.35. The molecule has 4 heterocycles. The number of hydrogen-bond acceptors (Lipinski definition) is 4. The van der Waals surface area contributed by atoms with Gasteiger partial charge in [-0.05, 0) is 37.0 Å². The zero-order valence-corrected chi connectivity index (χ0v) is 14.5. The van der Waals surface area contributed by atoms with E-state index in [2.05, 4.69) is 21.2 Å². The highest BCUT2D eigenvalue weighted by Gasteiger charge is 2.28. The molecule has 3 aromatic rings. The van der Waals surface area contributed by atoms with Crippen molar-refractivity contribution in [3.63, 3.8) is 0 Å². The Kier molecular flexibility index (Phi) is 4.03. The van der Waals surface area contributed by atoms with Gasteiger partial charge in [-0.15, -0.1) is 0 Å². The van der Waals surface area contributed by atoms with Crippen LogP contribution in [0.5, 0.6) is 0 Å². The minimum absolute atomic E-state index is 0.0710. The molecule has 0 saturated carbocycles. The van der Waals surface area contributed by atoms with Gasteiger partial charge in [-0.25, -0.2) is 0 Å². The van der Waals surface area contributed by atoms with E-state index >= 15 is 0 Å². The maximum Gasteiger partial charge on any atom is 0.292 e. The lowest BCUT2D eigenvalue weighted by molar-refractivity contribution is 0.0664. The van der Waals surface area contributed by atoms with E-state index in [1.165, 1.54) is 0 Å². The highest BCUT2D eigenvalue weighted by Crippen LogP contribution is 2.29. The summed E-state index contributed by atoms with van der Waals surface area (Å²) in [6.07, 6.45) is 3.83. The number of aromatic nitrogens is 3. The van der Waals surface area contributed by atoms with Crippen molar-refractivity contribution in [3.8, 4) is 0 Å². The topological polar surface area (TPSA) is 75.0 Å². The predicted molar refractivity (Wildman–Crippen MR) is 94.6 cm³/mol. The maximum atomic E-state index is 12.8. The van der Waals surface area contributed by atoms with E-state index in [4.69, 9.17) is 4.52 Å². The molecule has 1 aliphatic rings. The number of pyridine rings is 1. The first-order chi connectivity index (χ1) is 12.1. The first-order valence-corrected chi connectivity index (χ1v) is 8.81. The smallest absolute Gasteiger partial charge is 0.292 e. The number of hydrogen-bond donors (Lipinski definition) is 1. The van der Waals surface area contributed by atoms with Crippen LogP contribution in [0, 0.1) is 0 Å². The molecule has 25 heavy (non-hydrogen) atoms. The highest BCUT2D eigenvalue weighted by molar-refractivity contribution is 5.91. The molecule has 6 heteroatoms. The second-order valence-corrected chi connectivity index (χ2v) is 7.02. The Morgan fingerprint density at radius 3 is 3.04 bits per heavy atom. The van der Waals surface area contributed by atoms with Gasteiger partial charge in [-0.1, -0.05) is 19.0 Å². The Labute approximate surface area is 146 Å². The first kappa shape index (κ1) is 15.9. The van der Waals surface area contributed by atoms with Crippen molar-refractivity contribution in [2.45, 2.75) is 38.5 Å².